The Morgan fingerprint density at radius 2 is 2.04 bits per heavy atom. The minimum atomic E-state index is -0.0932. The van der Waals surface area contributed by atoms with Crippen LogP contribution < -0.4 is 9.47 Å². The molecule has 0 saturated carbocycles. The van der Waals surface area contributed by atoms with Gasteiger partial charge in [0.2, 0.25) is 5.88 Å². The SMILES string of the molecule is CCOc1ncccc1C(=O)N(CC)[C@H](C)c1cccc(OC)c1. The molecule has 5 nitrogen and oxygen atoms in total. The van der Waals surface area contributed by atoms with Crippen molar-refractivity contribution < 1.29 is 14.3 Å². The maximum Gasteiger partial charge on any atom is 0.259 e. The summed E-state index contributed by atoms with van der Waals surface area (Å²) in [6.07, 6.45) is 1.63. The number of hydrogen-bond acceptors (Lipinski definition) is 4. The number of carbonyl (C=O) groups excluding carboxylic acids is 1. The van der Waals surface area contributed by atoms with Gasteiger partial charge < -0.3 is 14.4 Å². The van der Waals surface area contributed by atoms with E-state index in [9.17, 15) is 4.79 Å². The maximum absolute atomic E-state index is 13.0. The summed E-state index contributed by atoms with van der Waals surface area (Å²) in [6, 6.07) is 11.2. The first-order chi connectivity index (χ1) is 11.6. The van der Waals surface area contributed by atoms with Gasteiger partial charge in [-0.15, -0.1) is 0 Å². The van der Waals surface area contributed by atoms with E-state index in [2.05, 4.69) is 4.98 Å². The number of ether oxygens (including phenoxy) is 2. The summed E-state index contributed by atoms with van der Waals surface area (Å²) in [5.41, 5.74) is 1.50. The second-order valence-electron chi connectivity index (χ2n) is 5.33. The number of benzene rings is 1. The van der Waals surface area contributed by atoms with Gasteiger partial charge in [0.05, 0.1) is 19.8 Å². The van der Waals surface area contributed by atoms with Gasteiger partial charge in [0, 0.05) is 12.7 Å². The lowest BCUT2D eigenvalue weighted by Gasteiger charge is -2.29. The average Bonchev–Trinajstić information content (AvgIpc) is 2.63. The zero-order valence-corrected chi connectivity index (χ0v) is 14.7. The molecule has 0 fully saturated rings. The third-order valence-electron chi connectivity index (χ3n) is 3.93. The normalized spacial score (nSPS) is 11.7. The largest absolute Gasteiger partial charge is 0.497 e. The van der Waals surface area contributed by atoms with Crippen LogP contribution in [0.3, 0.4) is 0 Å². The fourth-order valence-corrected chi connectivity index (χ4v) is 2.63. The summed E-state index contributed by atoms with van der Waals surface area (Å²) in [6.45, 7) is 6.89. The lowest BCUT2D eigenvalue weighted by molar-refractivity contribution is 0.0697. The van der Waals surface area contributed by atoms with Crippen LogP contribution in [0.2, 0.25) is 0 Å². The molecule has 1 heterocycles. The average molecular weight is 328 g/mol. The van der Waals surface area contributed by atoms with E-state index in [1.807, 2.05) is 45.0 Å². The van der Waals surface area contributed by atoms with E-state index >= 15 is 0 Å². The van der Waals surface area contributed by atoms with Crippen LogP contribution in [0.1, 0.15) is 42.7 Å². The molecule has 0 aliphatic carbocycles. The van der Waals surface area contributed by atoms with E-state index in [-0.39, 0.29) is 11.9 Å². The Hall–Kier alpha value is -2.56. The van der Waals surface area contributed by atoms with Crippen LogP contribution >= 0.6 is 0 Å². The topological polar surface area (TPSA) is 51.7 Å². The number of hydrogen-bond donors (Lipinski definition) is 0. The van der Waals surface area contributed by atoms with Crippen molar-refractivity contribution in [3.63, 3.8) is 0 Å². The minimum Gasteiger partial charge on any atom is -0.497 e. The second kappa shape index (κ2) is 8.34. The van der Waals surface area contributed by atoms with Crippen LogP contribution in [-0.2, 0) is 0 Å². The van der Waals surface area contributed by atoms with Crippen molar-refractivity contribution >= 4 is 5.91 Å². The summed E-state index contributed by atoms with van der Waals surface area (Å²) < 4.78 is 10.8. The number of rotatable bonds is 7. The molecule has 1 amide bonds. The molecule has 0 bridgehead atoms. The molecule has 24 heavy (non-hydrogen) atoms. The highest BCUT2D eigenvalue weighted by Gasteiger charge is 2.24. The zero-order valence-electron chi connectivity index (χ0n) is 14.7. The van der Waals surface area contributed by atoms with Gasteiger partial charge in [-0.25, -0.2) is 4.98 Å². The highest BCUT2D eigenvalue weighted by atomic mass is 16.5. The Balaban J connectivity index is 2.31. The van der Waals surface area contributed by atoms with Gasteiger partial charge in [0.1, 0.15) is 11.3 Å². The first kappa shape index (κ1) is 17.8. The molecule has 1 aromatic carbocycles. The van der Waals surface area contributed by atoms with Crippen molar-refractivity contribution in [2.24, 2.45) is 0 Å². The Morgan fingerprint density at radius 1 is 1.25 bits per heavy atom. The molecule has 2 rings (SSSR count). The van der Waals surface area contributed by atoms with E-state index in [4.69, 9.17) is 9.47 Å². The lowest BCUT2D eigenvalue weighted by atomic mass is 10.1. The monoisotopic (exact) mass is 328 g/mol. The third-order valence-corrected chi connectivity index (χ3v) is 3.93. The Kier molecular flexibility index (Phi) is 6.18. The first-order valence-electron chi connectivity index (χ1n) is 8.15. The van der Waals surface area contributed by atoms with E-state index in [1.165, 1.54) is 0 Å². The Bertz CT molecular complexity index is 688. The molecule has 2 aromatic rings. The van der Waals surface area contributed by atoms with E-state index < -0.39 is 0 Å². The Labute approximate surface area is 143 Å². The highest BCUT2D eigenvalue weighted by Crippen LogP contribution is 2.27. The van der Waals surface area contributed by atoms with Crippen molar-refractivity contribution in [2.45, 2.75) is 26.8 Å². The van der Waals surface area contributed by atoms with E-state index in [1.54, 1.807) is 30.3 Å². The molecular weight excluding hydrogens is 304 g/mol. The molecule has 0 N–H and O–H groups in total. The van der Waals surface area contributed by atoms with Gasteiger partial charge in [-0.2, -0.15) is 0 Å². The van der Waals surface area contributed by atoms with Crippen molar-refractivity contribution in [3.05, 3.63) is 53.7 Å². The predicted molar refractivity (Wildman–Crippen MR) is 93.5 cm³/mol. The summed E-state index contributed by atoms with van der Waals surface area (Å²) in [5.74, 6) is 1.06. The van der Waals surface area contributed by atoms with Crippen LogP contribution in [0, 0.1) is 0 Å². The van der Waals surface area contributed by atoms with Gasteiger partial charge in [0.25, 0.3) is 5.91 Å². The lowest BCUT2D eigenvalue weighted by Crippen LogP contribution is -2.33. The van der Waals surface area contributed by atoms with Crippen LogP contribution in [0.4, 0.5) is 0 Å². The van der Waals surface area contributed by atoms with Crippen LogP contribution in [0.5, 0.6) is 11.6 Å². The number of amides is 1. The van der Waals surface area contributed by atoms with Crippen LogP contribution in [0.15, 0.2) is 42.6 Å². The number of pyridine rings is 1. The smallest absolute Gasteiger partial charge is 0.259 e. The van der Waals surface area contributed by atoms with Gasteiger partial charge in [-0.1, -0.05) is 12.1 Å². The van der Waals surface area contributed by atoms with Gasteiger partial charge >= 0.3 is 0 Å². The van der Waals surface area contributed by atoms with Gasteiger partial charge in [-0.05, 0) is 50.6 Å². The first-order valence-corrected chi connectivity index (χ1v) is 8.15. The van der Waals surface area contributed by atoms with Crippen molar-refractivity contribution in [3.8, 4) is 11.6 Å². The highest BCUT2D eigenvalue weighted by molar-refractivity contribution is 5.96. The molecule has 5 heteroatoms. The van der Waals surface area contributed by atoms with Crippen LogP contribution in [-0.4, -0.2) is 36.1 Å². The van der Waals surface area contributed by atoms with E-state index in [0.717, 1.165) is 11.3 Å². The number of aromatic nitrogens is 1. The van der Waals surface area contributed by atoms with Crippen molar-refractivity contribution in [1.82, 2.24) is 9.88 Å². The maximum atomic E-state index is 13.0. The molecule has 1 aromatic heterocycles. The van der Waals surface area contributed by atoms with Gasteiger partial charge in [0.15, 0.2) is 0 Å². The molecule has 0 spiro atoms. The third kappa shape index (κ3) is 3.85. The molecule has 128 valence electrons. The quantitative estimate of drug-likeness (QED) is 0.777. The Morgan fingerprint density at radius 3 is 2.71 bits per heavy atom. The fourth-order valence-electron chi connectivity index (χ4n) is 2.63. The zero-order chi connectivity index (χ0) is 17.5. The summed E-state index contributed by atoms with van der Waals surface area (Å²) >= 11 is 0. The molecule has 0 radical (unpaired) electrons. The van der Waals surface area contributed by atoms with Crippen molar-refractivity contribution in [1.29, 1.82) is 0 Å². The fraction of sp³-hybridized carbons (Fsp3) is 0.368. The summed E-state index contributed by atoms with van der Waals surface area (Å²) in [5, 5.41) is 0. The second-order valence-corrected chi connectivity index (χ2v) is 5.33. The summed E-state index contributed by atoms with van der Waals surface area (Å²) in [7, 11) is 1.64. The molecule has 0 aliphatic heterocycles. The molecular formula is C19H24N2O3. The van der Waals surface area contributed by atoms with E-state index in [0.29, 0.717) is 24.6 Å². The standard InChI is InChI=1S/C19H24N2O3/c1-5-21(14(3)15-9-7-10-16(13-15)23-4)19(22)17-11-8-12-20-18(17)24-6-2/h7-14H,5-6H2,1-4H3/t14-/m1/s1. The van der Waals surface area contributed by atoms with Gasteiger partial charge in [-0.3, -0.25) is 4.79 Å². The molecule has 0 unspecified atom stereocenters. The molecule has 1 atom stereocenters. The minimum absolute atomic E-state index is 0.0905. The molecule has 0 aliphatic rings. The predicted octanol–water partition coefficient (Wildman–Crippen LogP) is 3.71. The summed E-state index contributed by atoms with van der Waals surface area (Å²) in [4.78, 5) is 19.0. The number of nitrogens with zero attached hydrogens (tertiary/aromatic N) is 2. The number of methoxy groups -OCH3 is 1. The van der Waals surface area contributed by atoms with Crippen LogP contribution in [0.25, 0.3) is 0 Å². The molecule has 0 saturated heterocycles. The number of carbonyl (C=O) groups is 1. The van der Waals surface area contributed by atoms with Crippen molar-refractivity contribution in [2.75, 3.05) is 20.3 Å².